The highest BCUT2D eigenvalue weighted by Gasteiger charge is 2.33. The number of rotatable bonds is 5. The van der Waals surface area contributed by atoms with Gasteiger partial charge in [-0.15, -0.1) is 0 Å². The average molecular weight is 240 g/mol. The largest absolute Gasteiger partial charge is 0.467 e. The molecule has 0 aromatic carbocycles. The molecule has 5 nitrogen and oxygen atoms in total. The Hall–Kier alpha value is -1.36. The summed E-state index contributed by atoms with van der Waals surface area (Å²) in [5, 5.41) is 14.4. The Bertz CT molecular complexity index is 396. The SMILES string of the molecule is CCc1cc(CC)n(CC(C)(O)C(=O)OC)n1. The molecule has 1 unspecified atom stereocenters. The first-order valence-electron chi connectivity index (χ1n) is 5.81. The zero-order valence-corrected chi connectivity index (χ0v) is 10.9. The predicted octanol–water partition coefficient (Wildman–Crippen LogP) is 0.932. The minimum absolute atomic E-state index is 0.114. The lowest BCUT2D eigenvalue weighted by Gasteiger charge is -2.21. The van der Waals surface area contributed by atoms with Gasteiger partial charge in [-0.05, 0) is 25.8 Å². The van der Waals surface area contributed by atoms with Gasteiger partial charge in [0.1, 0.15) is 0 Å². The van der Waals surface area contributed by atoms with Gasteiger partial charge in [0.05, 0.1) is 19.3 Å². The van der Waals surface area contributed by atoms with Crippen molar-refractivity contribution >= 4 is 5.97 Å². The van der Waals surface area contributed by atoms with E-state index in [1.54, 1.807) is 4.68 Å². The minimum atomic E-state index is -1.55. The lowest BCUT2D eigenvalue weighted by Crippen LogP contribution is -2.41. The van der Waals surface area contributed by atoms with Gasteiger partial charge in [-0.25, -0.2) is 4.79 Å². The second kappa shape index (κ2) is 5.31. The molecule has 0 saturated heterocycles. The van der Waals surface area contributed by atoms with E-state index in [0.717, 1.165) is 24.2 Å². The highest BCUT2D eigenvalue weighted by molar-refractivity contribution is 5.78. The summed E-state index contributed by atoms with van der Waals surface area (Å²) in [6.07, 6.45) is 1.64. The van der Waals surface area contributed by atoms with Crippen LogP contribution >= 0.6 is 0 Å². The molecule has 0 radical (unpaired) electrons. The quantitative estimate of drug-likeness (QED) is 0.778. The van der Waals surface area contributed by atoms with E-state index in [4.69, 9.17) is 0 Å². The van der Waals surface area contributed by atoms with E-state index in [1.165, 1.54) is 14.0 Å². The average Bonchev–Trinajstić information content (AvgIpc) is 2.69. The second-order valence-corrected chi connectivity index (χ2v) is 4.26. The van der Waals surface area contributed by atoms with E-state index in [-0.39, 0.29) is 6.54 Å². The van der Waals surface area contributed by atoms with Gasteiger partial charge in [0.15, 0.2) is 5.60 Å². The molecule has 0 bridgehead atoms. The molecular weight excluding hydrogens is 220 g/mol. The third-order valence-corrected chi connectivity index (χ3v) is 2.72. The van der Waals surface area contributed by atoms with Gasteiger partial charge in [-0.3, -0.25) is 4.68 Å². The normalized spacial score (nSPS) is 14.4. The predicted molar refractivity (Wildman–Crippen MR) is 63.6 cm³/mol. The van der Waals surface area contributed by atoms with E-state index in [1.807, 2.05) is 19.9 Å². The van der Waals surface area contributed by atoms with Crippen LogP contribution < -0.4 is 0 Å². The maximum Gasteiger partial charge on any atom is 0.339 e. The molecule has 0 aliphatic carbocycles. The van der Waals surface area contributed by atoms with Crippen LogP contribution in [0.3, 0.4) is 0 Å². The monoisotopic (exact) mass is 240 g/mol. The van der Waals surface area contributed by atoms with Crippen molar-refractivity contribution in [3.63, 3.8) is 0 Å². The Morgan fingerprint density at radius 3 is 2.65 bits per heavy atom. The summed E-state index contributed by atoms with van der Waals surface area (Å²) in [7, 11) is 1.26. The molecule has 0 amide bonds. The maximum absolute atomic E-state index is 11.4. The summed E-state index contributed by atoms with van der Waals surface area (Å²) in [6.45, 7) is 5.58. The molecule has 96 valence electrons. The molecule has 1 N–H and O–H groups in total. The van der Waals surface area contributed by atoms with E-state index < -0.39 is 11.6 Å². The van der Waals surface area contributed by atoms with Crippen molar-refractivity contribution in [1.29, 1.82) is 0 Å². The Kier molecular flexibility index (Phi) is 4.28. The molecule has 17 heavy (non-hydrogen) atoms. The molecule has 0 fully saturated rings. The number of hydrogen-bond donors (Lipinski definition) is 1. The number of esters is 1. The van der Waals surface area contributed by atoms with Gasteiger partial charge >= 0.3 is 5.97 Å². The number of aliphatic hydroxyl groups is 1. The Morgan fingerprint density at radius 1 is 1.53 bits per heavy atom. The molecule has 0 spiro atoms. The van der Waals surface area contributed by atoms with Gasteiger partial charge in [-0.1, -0.05) is 13.8 Å². The van der Waals surface area contributed by atoms with Crippen LogP contribution in [0.2, 0.25) is 0 Å². The first-order valence-corrected chi connectivity index (χ1v) is 5.81. The zero-order chi connectivity index (χ0) is 13.1. The van der Waals surface area contributed by atoms with Crippen molar-refractivity contribution in [3.05, 3.63) is 17.5 Å². The first kappa shape index (κ1) is 13.7. The van der Waals surface area contributed by atoms with Gasteiger partial charge in [0.25, 0.3) is 0 Å². The number of carbonyl (C=O) groups excluding carboxylic acids is 1. The fourth-order valence-electron chi connectivity index (χ4n) is 1.69. The molecule has 0 aliphatic heterocycles. The van der Waals surface area contributed by atoms with Crippen molar-refractivity contribution in [2.24, 2.45) is 0 Å². The summed E-state index contributed by atoms with van der Waals surface area (Å²) in [5.74, 6) is -0.645. The zero-order valence-electron chi connectivity index (χ0n) is 10.9. The third-order valence-electron chi connectivity index (χ3n) is 2.72. The Morgan fingerprint density at radius 2 is 2.18 bits per heavy atom. The number of methoxy groups -OCH3 is 1. The molecule has 5 heteroatoms. The van der Waals surface area contributed by atoms with Crippen LogP contribution in [0.4, 0.5) is 0 Å². The van der Waals surface area contributed by atoms with Crippen LogP contribution in [0.15, 0.2) is 6.07 Å². The lowest BCUT2D eigenvalue weighted by molar-refractivity contribution is -0.162. The Labute approximate surface area is 101 Å². The van der Waals surface area contributed by atoms with E-state index >= 15 is 0 Å². The van der Waals surface area contributed by atoms with Gasteiger partial charge in [0.2, 0.25) is 0 Å². The summed E-state index contributed by atoms with van der Waals surface area (Å²) in [5.41, 5.74) is 0.420. The summed E-state index contributed by atoms with van der Waals surface area (Å²) in [4.78, 5) is 11.4. The molecule has 1 aromatic heterocycles. The smallest absolute Gasteiger partial charge is 0.339 e. The van der Waals surface area contributed by atoms with Crippen molar-refractivity contribution in [1.82, 2.24) is 9.78 Å². The van der Waals surface area contributed by atoms with Crippen LogP contribution in [0.25, 0.3) is 0 Å². The number of nitrogens with zero attached hydrogens (tertiary/aromatic N) is 2. The fourth-order valence-corrected chi connectivity index (χ4v) is 1.69. The standard InChI is InChI=1S/C12H20N2O3/c1-5-9-7-10(6-2)14(13-9)8-12(3,16)11(15)17-4/h7,16H,5-6,8H2,1-4H3. The summed E-state index contributed by atoms with van der Waals surface area (Å²) < 4.78 is 6.24. The molecule has 0 aliphatic rings. The van der Waals surface area contributed by atoms with Crippen LogP contribution in [0.5, 0.6) is 0 Å². The van der Waals surface area contributed by atoms with Crippen LogP contribution in [0.1, 0.15) is 32.2 Å². The molecule has 1 rings (SSSR count). The molecular formula is C12H20N2O3. The summed E-state index contributed by atoms with van der Waals surface area (Å²) in [6, 6.07) is 1.99. The van der Waals surface area contributed by atoms with Crippen LogP contribution in [-0.4, -0.2) is 33.6 Å². The van der Waals surface area contributed by atoms with Gasteiger partial charge < -0.3 is 9.84 Å². The van der Waals surface area contributed by atoms with Crippen molar-refractivity contribution in [2.45, 2.75) is 45.8 Å². The number of hydrogen-bond acceptors (Lipinski definition) is 4. The Balaban J connectivity index is 2.93. The number of aryl methyl sites for hydroxylation is 2. The molecule has 0 saturated carbocycles. The number of carbonyl (C=O) groups is 1. The maximum atomic E-state index is 11.4. The van der Waals surface area contributed by atoms with Crippen molar-refractivity contribution in [2.75, 3.05) is 7.11 Å². The third kappa shape index (κ3) is 3.06. The van der Waals surface area contributed by atoms with Crippen molar-refractivity contribution in [3.8, 4) is 0 Å². The van der Waals surface area contributed by atoms with Crippen molar-refractivity contribution < 1.29 is 14.6 Å². The fraction of sp³-hybridized carbons (Fsp3) is 0.667. The van der Waals surface area contributed by atoms with Crippen LogP contribution in [-0.2, 0) is 28.9 Å². The van der Waals surface area contributed by atoms with E-state index in [2.05, 4.69) is 9.84 Å². The van der Waals surface area contributed by atoms with Crippen LogP contribution in [0, 0.1) is 0 Å². The molecule has 1 heterocycles. The number of aromatic nitrogens is 2. The van der Waals surface area contributed by atoms with Gasteiger partial charge in [-0.2, -0.15) is 5.10 Å². The second-order valence-electron chi connectivity index (χ2n) is 4.26. The minimum Gasteiger partial charge on any atom is -0.467 e. The molecule has 1 atom stereocenters. The summed E-state index contributed by atoms with van der Waals surface area (Å²) >= 11 is 0. The topological polar surface area (TPSA) is 64.4 Å². The van der Waals surface area contributed by atoms with E-state index in [0.29, 0.717) is 0 Å². The number of ether oxygens (including phenoxy) is 1. The first-order chi connectivity index (χ1) is 7.94. The van der Waals surface area contributed by atoms with Gasteiger partial charge in [0, 0.05) is 5.69 Å². The highest BCUT2D eigenvalue weighted by atomic mass is 16.5. The molecule has 1 aromatic rings. The highest BCUT2D eigenvalue weighted by Crippen LogP contribution is 2.13. The lowest BCUT2D eigenvalue weighted by atomic mass is 10.1. The van der Waals surface area contributed by atoms with E-state index in [9.17, 15) is 9.90 Å².